The molecule has 1 unspecified atom stereocenters. The van der Waals surface area contributed by atoms with Crippen molar-refractivity contribution in [2.75, 3.05) is 6.54 Å². The predicted octanol–water partition coefficient (Wildman–Crippen LogP) is 2.10. The van der Waals surface area contributed by atoms with Crippen LogP contribution < -0.4 is 5.32 Å². The standard InChI is InChI=1S/C16H23N3O/c1-16(8-2-3-10-18-16)15(20)19(14-6-7-14)12-13-5-4-9-17-11-13/h4-5,9,11,14,18H,2-3,6-8,10,12H2,1H3. The number of carbonyl (C=O) groups excluding carboxylic acids is 1. The highest BCUT2D eigenvalue weighted by Crippen LogP contribution is 2.32. The third kappa shape index (κ3) is 2.85. The van der Waals surface area contributed by atoms with E-state index in [4.69, 9.17) is 0 Å². The molecule has 0 aromatic carbocycles. The van der Waals surface area contributed by atoms with Crippen LogP contribution in [-0.4, -0.2) is 33.9 Å². The topological polar surface area (TPSA) is 45.2 Å². The number of piperidine rings is 1. The molecule has 4 nitrogen and oxygen atoms in total. The number of amides is 1. The number of pyridine rings is 1. The van der Waals surface area contributed by atoms with Crippen LogP contribution >= 0.6 is 0 Å². The summed E-state index contributed by atoms with van der Waals surface area (Å²) in [6.45, 7) is 3.70. The number of hydrogen-bond donors (Lipinski definition) is 1. The van der Waals surface area contributed by atoms with Crippen LogP contribution in [0.2, 0.25) is 0 Å². The van der Waals surface area contributed by atoms with Gasteiger partial charge in [-0.3, -0.25) is 9.78 Å². The molecule has 1 saturated carbocycles. The second-order valence-electron chi connectivity index (χ2n) is 6.24. The second kappa shape index (κ2) is 5.52. The number of nitrogens with zero attached hydrogens (tertiary/aromatic N) is 2. The van der Waals surface area contributed by atoms with Crippen LogP contribution in [0.5, 0.6) is 0 Å². The predicted molar refractivity (Wildman–Crippen MR) is 78.1 cm³/mol. The van der Waals surface area contributed by atoms with Crippen LogP contribution in [-0.2, 0) is 11.3 Å². The highest BCUT2D eigenvalue weighted by molar-refractivity contribution is 5.86. The van der Waals surface area contributed by atoms with Gasteiger partial charge < -0.3 is 10.2 Å². The summed E-state index contributed by atoms with van der Waals surface area (Å²) in [5, 5.41) is 3.44. The van der Waals surface area contributed by atoms with Crippen molar-refractivity contribution in [1.29, 1.82) is 0 Å². The Hall–Kier alpha value is -1.42. The first-order valence-corrected chi connectivity index (χ1v) is 7.64. The molecule has 20 heavy (non-hydrogen) atoms. The van der Waals surface area contributed by atoms with Crippen LogP contribution in [0.25, 0.3) is 0 Å². The van der Waals surface area contributed by atoms with Gasteiger partial charge in [0.1, 0.15) is 0 Å². The van der Waals surface area contributed by atoms with Gasteiger partial charge in [-0.2, -0.15) is 0 Å². The van der Waals surface area contributed by atoms with Gasteiger partial charge in [0.2, 0.25) is 5.91 Å². The molecule has 2 fully saturated rings. The van der Waals surface area contributed by atoms with Crippen molar-refractivity contribution < 1.29 is 4.79 Å². The van der Waals surface area contributed by atoms with E-state index < -0.39 is 0 Å². The van der Waals surface area contributed by atoms with E-state index in [1.165, 1.54) is 6.42 Å². The van der Waals surface area contributed by atoms with Crippen molar-refractivity contribution in [3.63, 3.8) is 0 Å². The number of hydrogen-bond acceptors (Lipinski definition) is 3. The van der Waals surface area contributed by atoms with E-state index in [0.29, 0.717) is 12.6 Å². The van der Waals surface area contributed by atoms with E-state index in [-0.39, 0.29) is 11.4 Å². The minimum Gasteiger partial charge on any atom is -0.334 e. The number of carbonyl (C=O) groups is 1. The van der Waals surface area contributed by atoms with Gasteiger partial charge in [-0.15, -0.1) is 0 Å². The van der Waals surface area contributed by atoms with Crippen LogP contribution in [0.15, 0.2) is 24.5 Å². The van der Waals surface area contributed by atoms with Gasteiger partial charge >= 0.3 is 0 Å². The molecule has 2 heterocycles. The largest absolute Gasteiger partial charge is 0.334 e. The van der Waals surface area contributed by atoms with Crippen LogP contribution in [0.4, 0.5) is 0 Å². The van der Waals surface area contributed by atoms with Crippen molar-refractivity contribution in [3.8, 4) is 0 Å². The molecule has 1 aromatic heterocycles. The monoisotopic (exact) mass is 273 g/mol. The van der Waals surface area contributed by atoms with Crippen molar-refractivity contribution >= 4 is 5.91 Å². The third-order valence-electron chi connectivity index (χ3n) is 4.41. The highest BCUT2D eigenvalue weighted by atomic mass is 16.2. The molecule has 108 valence electrons. The minimum atomic E-state index is -0.372. The van der Waals surface area contributed by atoms with Crippen LogP contribution in [0.3, 0.4) is 0 Å². The van der Waals surface area contributed by atoms with Gasteiger partial charge in [0.25, 0.3) is 0 Å². The number of nitrogens with one attached hydrogen (secondary N) is 1. The maximum atomic E-state index is 12.9. The van der Waals surface area contributed by atoms with E-state index in [0.717, 1.165) is 37.8 Å². The summed E-state index contributed by atoms with van der Waals surface area (Å²) in [5.41, 5.74) is 0.746. The fourth-order valence-corrected chi connectivity index (χ4v) is 3.00. The molecule has 1 saturated heterocycles. The van der Waals surface area contributed by atoms with E-state index in [9.17, 15) is 4.79 Å². The van der Waals surface area contributed by atoms with E-state index in [1.807, 2.05) is 18.3 Å². The molecular formula is C16H23N3O. The number of aromatic nitrogens is 1. The zero-order chi connectivity index (χ0) is 14.0. The molecule has 1 N–H and O–H groups in total. The van der Waals surface area contributed by atoms with E-state index in [2.05, 4.69) is 22.1 Å². The van der Waals surface area contributed by atoms with Gasteiger partial charge in [-0.05, 0) is 57.2 Å². The molecule has 1 aliphatic heterocycles. The van der Waals surface area contributed by atoms with Gasteiger partial charge in [0.05, 0.1) is 5.54 Å². The van der Waals surface area contributed by atoms with Gasteiger partial charge in [0, 0.05) is 25.0 Å². The average Bonchev–Trinajstić information content (AvgIpc) is 3.30. The Kier molecular flexibility index (Phi) is 3.74. The Balaban J connectivity index is 1.75. The molecule has 4 heteroatoms. The highest BCUT2D eigenvalue weighted by Gasteiger charge is 2.42. The molecule has 0 spiro atoms. The van der Waals surface area contributed by atoms with Crippen LogP contribution in [0, 0.1) is 0 Å². The van der Waals surface area contributed by atoms with Gasteiger partial charge in [-0.25, -0.2) is 0 Å². The smallest absolute Gasteiger partial charge is 0.243 e. The van der Waals surface area contributed by atoms with Crippen molar-refractivity contribution in [2.24, 2.45) is 0 Å². The second-order valence-corrected chi connectivity index (χ2v) is 6.24. The summed E-state index contributed by atoms with van der Waals surface area (Å²) in [5.74, 6) is 0.267. The Morgan fingerprint density at radius 3 is 2.95 bits per heavy atom. The normalized spacial score (nSPS) is 26.2. The average molecular weight is 273 g/mol. The van der Waals surface area contributed by atoms with Gasteiger partial charge in [0.15, 0.2) is 0 Å². The zero-order valence-electron chi connectivity index (χ0n) is 12.1. The summed E-state index contributed by atoms with van der Waals surface area (Å²) in [7, 11) is 0. The van der Waals surface area contributed by atoms with E-state index >= 15 is 0 Å². The first-order chi connectivity index (χ1) is 9.69. The fraction of sp³-hybridized carbons (Fsp3) is 0.625. The van der Waals surface area contributed by atoms with Crippen molar-refractivity contribution in [3.05, 3.63) is 30.1 Å². The lowest BCUT2D eigenvalue weighted by molar-refractivity contribution is -0.140. The first-order valence-electron chi connectivity index (χ1n) is 7.64. The van der Waals surface area contributed by atoms with E-state index in [1.54, 1.807) is 6.20 Å². The summed E-state index contributed by atoms with van der Waals surface area (Å²) in [6, 6.07) is 4.42. The Morgan fingerprint density at radius 2 is 2.35 bits per heavy atom. The molecule has 1 aliphatic carbocycles. The summed E-state index contributed by atoms with van der Waals surface area (Å²) >= 11 is 0. The molecule has 2 aliphatic rings. The molecule has 1 aromatic rings. The lowest BCUT2D eigenvalue weighted by atomic mass is 9.89. The summed E-state index contributed by atoms with van der Waals surface area (Å²) in [6.07, 6.45) is 9.18. The lowest BCUT2D eigenvalue weighted by Gasteiger charge is -2.38. The SMILES string of the molecule is CC1(C(=O)N(Cc2cccnc2)C2CC2)CCCCN1. The van der Waals surface area contributed by atoms with Crippen LogP contribution in [0.1, 0.15) is 44.6 Å². The van der Waals surface area contributed by atoms with Crippen molar-refractivity contribution in [2.45, 2.75) is 57.2 Å². The Labute approximate surface area is 120 Å². The Bertz CT molecular complexity index is 464. The zero-order valence-corrected chi connectivity index (χ0v) is 12.1. The summed E-state index contributed by atoms with van der Waals surface area (Å²) in [4.78, 5) is 19.2. The molecule has 0 radical (unpaired) electrons. The molecule has 0 bridgehead atoms. The minimum absolute atomic E-state index is 0.267. The fourth-order valence-electron chi connectivity index (χ4n) is 3.00. The van der Waals surface area contributed by atoms with Gasteiger partial charge in [-0.1, -0.05) is 6.07 Å². The third-order valence-corrected chi connectivity index (χ3v) is 4.41. The lowest BCUT2D eigenvalue weighted by Crippen LogP contribution is -2.58. The number of rotatable bonds is 4. The maximum absolute atomic E-state index is 12.9. The summed E-state index contributed by atoms with van der Waals surface area (Å²) < 4.78 is 0. The molecular weight excluding hydrogens is 250 g/mol. The first kappa shape index (κ1) is 13.6. The Morgan fingerprint density at radius 1 is 1.50 bits per heavy atom. The molecule has 1 amide bonds. The molecule has 3 rings (SSSR count). The maximum Gasteiger partial charge on any atom is 0.243 e. The quantitative estimate of drug-likeness (QED) is 0.914. The van der Waals surface area contributed by atoms with Crippen molar-refractivity contribution in [1.82, 2.24) is 15.2 Å². The molecule has 1 atom stereocenters.